The van der Waals surface area contributed by atoms with E-state index in [0.717, 1.165) is 5.56 Å². The molecule has 1 aromatic rings. The minimum atomic E-state index is 0. The molecule has 4 heteroatoms. The van der Waals surface area contributed by atoms with Crippen LogP contribution in [0.3, 0.4) is 0 Å². The van der Waals surface area contributed by atoms with E-state index in [-0.39, 0.29) is 30.3 Å². The Morgan fingerprint density at radius 3 is 1.82 bits per heavy atom. The summed E-state index contributed by atoms with van der Waals surface area (Å²) in [5, 5.41) is 8.92. The average Bonchev–Trinajstić information content (AvgIpc) is 1.77. The summed E-state index contributed by atoms with van der Waals surface area (Å²) in [7, 11) is 0. The van der Waals surface area contributed by atoms with Gasteiger partial charge in [0.25, 0.3) is 0 Å². The largest absolute Gasteiger partial charge is 0.508 e. The lowest BCUT2D eigenvalue weighted by Gasteiger charge is -1.92. The summed E-state index contributed by atoms with van der Waals surface area (Å²) < 4.78 is 0. The maximum absolute atomic E-state index is 8.92. The van der Waals surface area contributed by atoms with Crippen LogP contribution >= 0.6 is 24.8 Å². The van der Waals surface area contributed by atoms with Crippen LogP contribution in [0, 0.1) is 6.92 Å². The van der Waals surface area contributed by atoms with Gasteiger partial charge in [-0.15, -0.1) is 24.8 Å². The van der Waals surface area contributed by atoms with Crippen LogP contribution in [0.5, 0.6) is 5.75 Å². The van der Waals surface area contributed by atoms with Crippen LogP contribution in [0.15, 0.2) is 24.3 Å². The van der Waals surface area contributed by atoms with E-state index >= 15 is 0 Å². The first kappa shape index (κ1) is 16.9. The number of aromatic hydroxyl groups is 1. The van der Waals surface area contributed by atoms with Gasteiger partial charge in [-0.25, -0.2) is 0 Å². The van der Waals surface area contributed by atoms with Gasteiger partial charge in [0.05, 0.1) is 0 Å². The first-order chi connectivity index (χ1) is 3.80. The summed E-state index contributed by atoms with van der Waals surface area (Å²) in [5.41, 5.74) is 0.924. The number of hydrogen-bond acceptors (Lipinski definition) is 1. The van der Waals surface area contributed by atoms with E-state index in [1.54, 1.807) is 6.07 Å². The van der Waals surface area contributed by atoms with E-state index < -0.39 is 0 Å². The van der Waals surface area contributed by atoms with Gasteiger partial charge in [0.2, 0.25) is 0 Å². The number of halogens is 2. The molecule has 0 heterocycles. The van der Waals surface area contributed by atoms with E-state index in [1.807, 2.05) is 25.1 Å². The standard InChI is InChI=1S/C7H8O.2ClH.H2O/c1-6-4-2-3-5-7(6)8;;;/h2-5,8H,1H3;2*1H;1H2. The SMILES string of the molecule is Cc1ccccc1O.Cl.Cl.O. The minimum absolute atomic E-state index is 0. The van der Waals surface area contributed by atoms with Crippen molar-refractivity contribution < 1.29 is 10.6 Å². The maximum Gasteiger partial charge on any atom is 0.118 e. The molecule has 0 aliphatic rings. The van der Waals surface area contributed by atoms with E-state index in [0.29, 0.717) is 5.75 Å². The fraction of sp³-hybridized carbons (Fsp3) is 0.143. The number of phenolic OH excluding ortho intramolecular Hbond substituents is 1. The molecule has 0 aromatic heterocycles. The first-order valence-electron chi connectivity index (χ1n) is 2.55. The number of para-hydroxylation sites is 1. The zero-order chi connectivity index (χ0) is 5.98. The van der Waals surface area contributed by atoms with Gasteiger partial charge in [-0.3, -0.25) is 0 Å². The summed E-state index contributed by atoms with van der Waals surface area (Å²) in [6.07, 6.45) is 0. The molecule has 0 saturated carbocycles. The van der Waals surface area contributed by atoms with Crippen LogP contribution in [-0.2, 0) is 0 Å². The highest BCUT2D eigenvalue weighted by atomic mass is 35.5. The van der Waals surface area contributed by atoms with Crippen molar-refractivity contribution in [3.63, 3.8) is 0 Å². The van der Waals surface area contributed by atoms with Crippen molar-refractivity contribution >= 4 is 24.8 Å². The van der Waals surface area contributed by atoms with Crippen molar-refractivity contribution in [1.29, 1.82) is 0 Å². The molecule has 0 spiro atoms. The van der Waals surface area contributed by atoms with Gasteiger partial charge < -0.3 is 10.6 Å². The highest BCUT2D eigenvalue weighted by Gasteiger charge is 1.86. The number of hydrogen-bond donors (Lipinski definition) is 1. The molecule has 0 saturated heterocycles. The second-order valence-electron chi connectivity index (χ2n) is 1.79. The van der Waals surface area contributed by atoms with Crippen LogP contribution < -0.4 is 0 Å². The Labute approximate surface area is 78.4 Å². The maximum atomic E-state index is 8.92. The predicted octanol–water partition coefficient (Wildman–Crippen LogP) is 1.72. The Morgan fingerprint density at radius 1 is 1.09 bits per heavy atom. The summed E-state index contributed by atoms with van der Waals surface area (Å²) in [5.74, 6) is 0.368. The molecule has 66 valence electrons. The molecule has 0 fully saturated rings. The summed E-state index contributed by atoms with van der Waals surface area (Å²) in [4.78, 5) is 0. The normalized spacial score (nSPS) is 6.64. The summed E-state index contributed by atoms with van der Waals surface area (Å²) >= 11 is 0. The smallest absolute Gasteiger partial charge is 0.118 e. The number of rotatable bonds is 0. The zero-order valence-corrected chi connectivity index (χ0v) is 7.71. The molecule has 0 bridgehead atoms. The highest BCUT2D eigenvalue weighted by molar-refractivity contribution is 5.85. The number of aryl methyl sites for hydroxylation is 1. The van der Waals surface area contributed by atoms with Crippen molar-refractivity contribution in [1.82, 2.24) is 0 Å². The lowest BCUT2D eigenvalue weighted by molar-refractivity contribution is 0.471. The van der Waals surface area contributed by atoms with Crippen LogP contribution in [0.1, 0.15) is 5.56 Å². The number of benzene rings is 1. The third-order valence-corrected chi connectivity index (χ3v) is 1.12. The van der Waals surface area contributed by atoms with Crippen LogP contribution in [0.25, 0.3) is 0 Å². The van der Waals surface area contributed by atoms with E-state index in [2.05, 4.69) is 0 Å². The fourth-order valence-electron chi connectivity index (χ4n) is 0.563. The highest BCUT2D eigenvalue weighted by Crippen LogP contribution is 2.12. The molecule has 0 atom stereocenters. The monoisotopic (exact) mass is 198 g/mol. The van der Waals surface area contributed by atoms with Crippen molar-refractivity contribution in [3.05, 3.63) is 29.8 Å². The molecular weight excluding hydrogens is 187 g/mol. The molecule has 3 N–H and O–H groups in total. The second-order valence-corrected chi connectivity index (χ2v) is 1.79. The van der Waals surface area contributed by atoms with Crippen LogP contribution in [0.4, 0.5) is 0 Å². The average molecular weight is 199 g/mol. The van der Waals surface area contributed by atoms with Crippen molar-refractivity contribution in [2.45, 2.75) is 6.92 Å². The van der Waals surface area contributed by atoms with Gasteiger partial charge >= 0.3 is 0 Å². The van der Waals surface area contributed by atoms with Crippen molar-refractivity contribution in [2.24, 2.45) is 0 Å². The van der Waals surface area contributed by atoms with Gasteiger partial charge in [-0.2, -0.15) is 0 Å². The van der Waals surface area contributed by atoms with Crippen molar-refractivity contribution in [2.75, 3.05) is 0 Å². The van der Waals surface area contributed by atoms with Crippen LogP contribution in [-0.4, -0.2) is 10.6 Å². The van der Waals surface area contributed by atoms with Crippen molar-refractivity contribution in [3.8, 4) is 5.75 Å². The first-order valence-corrected chi connectivity index (χ1v) is 2.55. The van der Waals surface area contributed by atoms with Gasteiger partial charge in [0, 0.05) is 0 Å². The second kappa shape index (κ2) is 7.66. The molecule has 0 radical (unpaired) electrons. The Kier molecular flexibility index (Phi) is 11.8. The van der Waals surface area contributed by atoms with Gasteiger partial charge in [0.15, 0.2) is 0 Å². The summed E-state index contributed by atoms with van der Waals surface area (Å²) in [6.45, 7) is 1.87. The molecule has 2 nitrogen and oxygen atoms in total. The third-order valence-electron chi connectivity index (χ3n) is 1.12. The van der Waals surface area contributed by atoms with E-state index in [9.17, 15) is 0 Å². The zero-order valence-electron chi connectivity index (χ0n) is 6.07. The Morgan fingerprint density at radius 2 is 1.55 bits per heavy atom. The molecular formula is C7H12Cl2O2. The molecule has 0 aliphatic heterocycles. The fourth-order valence-corrected chi connectivity index (χ4v) is 0.563. The molecule has 0 amide bonds. The Hall–Kier alpha value is -0.440. The molecule has 1 rings (SSSR count). The van der Waals surface area contributed by atoms with Gasteiger partial charge in [-0.05, 0) is 18.6 Å². The molecule has 0 unspecified atom stereocenters. The van der Waals surface area contributed by atoms with E-state index in [4.69, 9.17) is 5.11 Å². The molecule has 0 aliphatic carbocycles. The molecule has 11 heavy (non-hydrogen) atoms. The number of phenols is 1. The summed E-state index contributed by atoms with van der Waals surface area (Å²) in [6, 6.07) is 7.25. The minimum Gasteiger partial charge on any atom is -0.508 e. The quantitative estimate of drug-likeness (QED) is 0.679. The topological polar surface area (TPSA) is 51.7 Å². The molecule has 1 aromatic carbocycles. The lowest BCUT2D eigenvalue weighted by Crippen LogP contribution is -1.68. The Bertz CT molecular complexity index is 171. The lowest BCUT2D eigenvalue weighted by atomic mass is 10.2. The third kappa shape index (κ3) is 4.90. The van der Waals surface area contributed by atoms with Gasteiger partial charge in [0.1, 0.15) is 5.75 Å². The van der Waals surface area contributed by atoms with E-state index in [1.165, 1.54) is 0 Å². The van der Waals surface area contributed by atoms with Gasteiger partial charge in [-0.1, -0.05) is 18.2 Å². The Balaban J connectivity index is -0.000000213. The van der Waals surface area contributed by atoms with Crippen LogP contribution in [0.2, 0.25) is 0 Å². The predicted molar refractivity (Wildman–Crippen MR) is 51.0 cm³/mol.